The highest BCUT2D eigenvalue weighted by Crippen LogP contribution is 2.35. The van der Waals surface area contributed by atoms with Crippen LogP contribution in [0.3, 0.4) is 0 Å². The number of halogens is 4. The molecule has 0 spiro atoms. The molecule has 0 saturated heterocycles. The topological polar surface area (TPSA) is 38.3 Å². The summed E-state index contributed by atoms with van der Waals surface area (Å²) >= 11 is 1.79. The van der Waals surface area contributed by atoms with Crippen LogP contribution in [0.1, 0.15) is 16.7 Å². The lowest BCUT2D eigenvalue weighted by molar-refractivity contribution is -0.137. The molecule has 3 nitrogen and oxygen atoms in total. The summed E-state index contributed by atoms with van der Waals surface area (Å²) in [6.07, 6.45) is -4.54. The maximum absolute atomic E-state index is 13.0. The highest BCUT2D eigenvalue weighted by atomic mass is 127. The molecule has 1 amide bonds. The van der Waals surface area contributed by atoms with Gasteiger partial charge in [-0.05, 0) is 71.8 Å². The van der Waals surface area contributed by atoms with Gasteiger partial charge in [-0.3, -0.25) is 4.79 Å². The Labute approximate surface area is 151 Å². The van der Waals surface area contributed by atoms with Gasteiger partial charge in [-0.2, -0.15) is 13.2 Å². The summed E-state index contributed by atoms with van der Waals surface area (Å²) in [6, 6.07) is 9.13. The van der Waals surface area contributed by atoms with Crippen molar-refractivity contribution in [1.29, 1.82) is 0 Å². The van der Waals surface area contributed by atoms with E-state index in [4.69, 9.17) is 4.74 Å². The van der Waals surface area contributed by atoms with Gasteiger partial charge in [0.05, 0.1) is 11.3 Å². The minimum atomic E-state index is -4.54. The second-order valence-corrected chi connectivity index (χ2v) is 6.47. The molecule has 7 heteroatoms. The van der Waals surface area contributed by atoms with Gasteiger partial charge in [0.1, 0.15) is 5.75 Å². The third-order valence-electron chi connectivity index (χ3n) is 3.47. The van der Waals surface area contributed by atoms with Gasteiger partial charge in [0.25, 0.3) is 5.91 Å². The number of ether oxygens (including phenoxy) is 1. The van der Waals surface area contributed by atoms with E-state index < -0.39 is 17.6 Å². The van der Waals surface area contributed by atoms with Gasteiger partial charge in [-0.15, -0.1) is 0 Å². The van der Waals surface area contributed by atoms with Crippen molar-refractivity contribution < 1.29 is 22.7 Å². The molecule has 0 radical (unpaired) electrons. The normalized spacial score (nSPS) is 11.2. The van der Waals surface area contributed by atoms with E-state index in [9.17, 15) is 18.0 Å². The second-order valence-electron chi connectivity index (χ2n) is 5.22. The fourth-order valence-electron chi connectivity index (χ4n) is 2.07. The number of aryl methyl sites for hydroxylation is 1. The van der Waals surface area contributed by atoms with Crippen LogP contribution in [0, 0.1) is 17.4 Å². The molecule has 2 aromatic carbocycles. The molecule has 0 heterocycles. The first-order chi connectivity index (χ1) is 11.2. The van der Waals surface area contributed by atoms with Gasteiger partial charge in [-0.25, -0.2) is 0 Å². The van der Waals surface area contributed by atoms with Crippen molar-refractivity contribution in [3.8, 4) is 5.75 Å². The van der Waals surface area contributed by atoms with Crippen LogP contribution in [0.5, 0.6) is 5.75 Å². The number of nitrogens with one attached hydrogen (secondary N) is 1. The summed E-state index contributed by atoms with van der Waals surface area (Å²) in [7, 11) is 0. The minimum Gasteiger partial charge on any atom is -0.483 e. The highest BCUT2D eigenvalue weighted by Gasteiger charge is 2.34. The lowest BCUT2D eigenvalue weighted by Crippen LogP contribution is -2.22. The summed E-state index contributed by atoms with van der Waals surface area (Å²) in [4.78, 5) is 11.9. The molecule has 0 aliphatic heterocycles. The number of hydrogen-bond acceptors (Lipinski definition) is 2. The summed E-state index contributed by atoms with van der Waals surface area (Å²) in [5.41, 5.74) is 0.729. The zero-order chi connectivity index (χ0) is 17.9. The number of carbonyl (C=O) groups excluding carboxylic acids is 1. The lowest BCUT2D eigenvalue weighted by Gasteiger charge is -2.15. The zero-order valence-corrected chi connectivity index (χ0v) is 15.2. The van der Waals surface area contributed by atoms with Crippen LogP contribution < -0.4 is 10.1 Å². The summed E-state index contributed by atoms with van der Waals surface area (Å²) in [5.74, 6) is -0.119. The van der Waals surface area contributed by atoms with E-state index in [1.165, 1.54) is 12.1 Å². The highest BCUT2D eigenvalue weighted by molar-refractivity contribution is 14.1. The molecule has 128 valence electrons. The van der Waals surface area contributed by atoms with Gasteiger partial charge in [-0.1, -0.05) is 12.1 Å². The standard InChI is InChI=1S/C17H15F3INO2/c1-10-4-3-5-15(11(10)2)24-9-16(23)22-14-7-6-12(21)8-13(14)17(18,19)20/h3-8H,9H2,1-2H3,(H,22,23). The molecule has 2 aromatic rings. The second kappa shape index (κ2) is 7.42. The number of amides is 1. The number of anilines is 1. The van der Waals surface area contributed by atoms with Crippen molar-refractivity contribution >= 4 is 34.2 Å². The van der Waals surface area contributed by atoms with Crippen LogP contribution in [-0.2, 0) is 11.0 Å². The molecule has 0 aromatic heterocycles. The van der Waals surface area contributed by atoms with Crippen LogP contribution in [-0.4, -0.2) is 12.5 Å². The van der Waals surface area contributed by atoms with Crippen LogP contribution in [0.2, 0.25) is 0 Å². The molecule has 0 bridgehead atoms. The molecule has 1 N–H and O–H groups in total. The van der Waals surface area contributed by atoms with Crippen LogP contribution >= 0.6 is 22.6 Å². The molecule has 0 aliphatic carbocycles. The SMILES string of the molecule is Cc1cccc(OCC(=O)Nc2ccc(I)cc2C(F)(F)F)c1C. The Morgan fingerprint density at radius 3 is 2.58 bits per heavy atom. The smallest absolute Gasteiger partial charge is 0.418 e. The van der Waals surface area contributed by atoms with E-state index in [0.29, 0.717) is 9.32 Å². The number of rotatable bonds is 4. The zero-order valence-electron chi connectivity index (χ0n) is 13.0. The fraction of sp³-hybridized carbons (Fsp3) is 0.235. The van der Waals surface area contributed by atoms with E-state index in [1.54, 1.807) is 34.7 Å². The molecule has 0 saturated carbocycles. The molecule has 0 atom stereocenters. The summed E-state index contributed by atoms with van der Waals surface area (Å²) in [6.45, 7) is 3.39. The van der Waals surface area contributed by atoms with Crippen molar-refractivity contribution in [1.82, 2.24) is 0 Å². The molecule has 2 rings (SSSR count). The van der Waals surface area contributed by atoms with Gasteiger partial charge in [0.2, 0.25) is 0 Å². The van der Waals surface area contributed by atoms with Crippen molar-refractivity contribution in [2.24, 2.45) is 0 Å². The molecule has 0 unspecified atom stereocenters. The first kappa shape index (κ1) is 18.6. The van der Waals surface area contributed by atoms with Crippen molar-refractivity contribution in [3.05, 3.63) is 56.7 Å². The molecular formula is C17H15F3INO2. The number of benzene rings is 2. The molecule has 0 fully saturated rings. The number of carbonyl (C=O) groups is 1. The Balaban J connectivity index is 2.09. The third kappa shape index (κ3) is 4.62. The van der Waals surface area contributed by atoms with Crippen LogP contribution in [0.15, 0.2) is 36.4 Å². The average Bonchev–Trinajstić information content (AvgIpc) is 2.49. The quantitative estimate of drug-likeness (QED) is 0.672. The lowest BCUT2D eigenvalue weighted by atomic mass is 10.1. The number of alkyl halides is 3. The minimum absolute atomic E-state index is 0.280. The van der Waals surface area contributed by atoms with E-state index >= 15 is 0 Å². The van der Waals surface area contributed by atoms with E-state index in [2.05, 4.69) is 5.32 Å². The Kier molecular flexibility index (Phi) is 5.74. The first-order valence-corrected chi connectivity index (χ1v) is 8.12. The predicted molar refractivity (Wildman–Crippen MR) is 94.2 cm³/mol. The Morgan fingerprint density at radius 2 is 1.92 bits per heavy atom. The number of hydrogen-bond donors (Lipinski definition) is 1. The van der Waals surface area contributed by atoms with Crippen molar-refractivity contribution in [2.75, 3.05) is 11.9 Å². The molecule has 0 aliphatic rings. The summed E-state index contributed by atoms with van der Waals surface area (Å²) in [5, 5.41) is 2.26. The van der Waals surface area contributed by atoms with Crippen molar-refractivity contribution in [3.63, 3.8) is 0 Å². The van der Waals surface area contributed by atoms with Crippen molar-refractivity contribution in [2.45, 2.75) is 20.0 Å². The largest absolute Gasteiger partial charge is 0.483 e. The molecule has 24 heavy (non-hydrogen) atoms. The van der Waals surface area contributed by atoms with Gasteiger partial charge in [0.15, 0.2) is 6.61 Å². The monoisotopic (exact) mass is 449 g/mol. The maximum atomic E-state index is 13.0. The van der Waals surface area contributed by atoms with Gasteiger partial charge < -0.3 is 10.1 Å². The predicted octanol–water partition coefficient (Wildman–Crippen LogP) is 4.94. The van der Waals surface area contributed by atoms with Gasteiger partial charge in [0, 0.05) is 3.57 Å². The van der Waals surface area contributed by atoms with E-state index in [0.717, 1.165) is 17.2 Å². The van der Waals surface area contributed by atoms with Gasteiger partial charge >= 0.3 is 6.18 Å². The van der Waals surface area contributed by atoms with E-state index in [1.807, 2.05) is 19.9 Å². The van der Waals surface area contributed by atoms with E-state index in [-0.39, 0.29) is 12.3 Å². The third-order valence-corrected chi connectivity index (χ3v) is 4.15. The fourth-order valence-corrected chi connectivity index (χ4v) is 2.56. The first-order valence-electron chi connectivity index (χ1n) is 7.04. The molecular weight excluding hydrogens is 434 g/mol. The summed E-state index contributed by atoms with van der Waals surface area (Å²) < 4.78 is 45.0. The average molecular weight is 449 g/mol. The maximum Gasteiger partial charge on any atom is 0.418 e. The Morgan fingerprint density at radius 1 is 1.21 bits per heavy atom. The van der Waals surface area contributed by atoms with Crippen LogP contribution in [0.4, 0.5) is 18.9 Å². The Bertz CT molecular complexity index is 760. The van der Waals surface area contributed by atoms with Crippen LogP contribution in [0.25, 0.3) is 0 Å². The Hall–Kier alpha value is -1.77.